The Morgan fingerprint density at radius 1 is 1.39 bits per heavy atom. The van der Waals surface area contributed by atoms with E-state index in [-0.39, 0.29) is 5.82 Å². The Morgan fingerprint density at radius 3 is 2.89 bits per heavy atom. The van der Waals surface area contributed by atoms with Gasteiger partial charge >= 0.3 is 0 Å². The Balaban J connectivity index is 2.15. The number of anilines is 1. The van der Waals surface area contributed by atoms with Gasteiger partial charge in [-0.25, -0.2) is 4.39 Å². The maximum Gasteiger partial charge on any atom is 0.170 e. The van der Waals surface area contributed by atoms with Crippen LogP contribution in [0.4, 0.5) is 10.1 Å². The number of aryl methyl sites for hydroxylation is 1. The largest absolute Gasteiger partial charge is 0.458 e. The van der Waals surface area contributed by atoms with Gasteiger partial charge in [-0.2, -0.15) is 0 Å². The maximum atomic E-state index is 13.8. The molecule has 0 radical (unpaired) electrons. The van der Waals surface area contributed by atoms with Crippen LogP contribution in [0.2, 0.25) is 0 Å². The number of likely N-dealkylation sites (N-methyl/N-ethyl adjacent to an activating group) is 1. The molecule has 3 rings (SSSR count). The highest BCUT2D eigenvalue weighted by molar-refractivity contribution is 5.86. The first-order valence-electron chi connectivity index (χ1n) is 6.22. The highest BCUT2D eigenvalue weighted by Crippen LogP contribution is 2.35. The summed E-state index contributed by atoms with van der Waals surface area (Å²) in [5, 5.41) is 0.842. The van der Waals surface area contributed by atoms with E-state index in [4.69, 9.17) is 10.2 Å². The minimum atomic E-state index is -0.360. The lowest BCUT2D eigenvalue weighted by atomic mass is 9.91. The molecule has 18 heavy (non-hydrogen) atoms. The zero-order chi connectivity index (χ0) is 12.9. The molecule has 1 aliphatic rings. The second kappa shape index (κ2) is 3.99. The van der Waals surface area contributed by atoms with E-state index >= 15 is 0 Å². The van der Waals surface area contributed by atoms with Crippen molar-refractivity contribution >= 4 is 16.7 Å². The summed E-state index contributed by atoms with van der Waals surface area (Å²) < 4.78 is 19.5. The molecule has 1 aliphatic carbocycles. The van der Waals surface area contributed by atoms with Crippen LogP contribution in [0.15, 0.2) is 16.5 Å². The van der Waals surface area contributed by atoms with Crippen LogP contribution in [-0.2, 0) is 12.8 Å². The number of furan rings is 1. The number of nitrogen functional groups attached to an aromatic ring is 1. The quantitative estimate of drug-likeness (QED) is 0.789. The molecule has 0 aliphatic heterocycles. The van der Waals surface area contributed by atoms with Gasteiger partial charge in [-0.3, -0.25) is 0 Å². The van der Waals surface area contributed by atoms with E-state index < -0.39 is 0 Å². The van der Waals surface area contributed by atoms with E-state index in [9.17, 15) is 4.39 Å². The fourth-order valence-electron chi connectivity index (χ4n) is 2.78. The number of rotatable bonds is 1. The molecule has 0 saturated carbocycles. The first kappa shape index (κ1) is 11.5. The minimum absolute atomic E-state index is 0.355. The predicted molar refractivity (Wildman–Crippen MR) is 70.1 cm³/mol. The summed E-state index contributed by atoms with van der Waals surface area (Å²) in [4.78, 5) is 2.21. The third-order valence-corrected chi connectivity index (χ3v) is 3.83. The van der Waals surface area contributed by atoms with Crippen molar-refractivity contribution in [1.29, 1.82) is 0 Å². The summed E-state index contributed by atoms with van der Waals surface area (Å²) >= 11 is 0. The highest BCUT2D eigenvalue weighted by Gasteiger charge is 2.26. The molecule has 1 atom stereocenters. The maximum absolute atomic E-state index is 13.8. The number of hydrogen-bond donors (Lipinski definition) is 1. The lowest BCUT2D eigenvalue weighted by Gasteiger charge is -2.27. The van der Waals surface area contributed by atoms with E-state index in [1.54, 1.807) is 0 Å². The zero-order valence-electron chi connectivity index (χ0n) is 10.7. The summed E-state index contributed by atoms with van der Waals surface area (Å²) in [7, 11) is 4.15. The highest BCUT2D eigenvalue weighted by atomic mass is 19.1. The van der Waals surface area contributed by atoms with Crippen LogP contribution in [0.5, 0.6) is 0 Å². The van der Waals surface area contributed by atoms with Crippen LogP contribution in [-0.4, -0.2) is 25.0 Å². The third-order valence-electron chi connectivity index (χ3n) is 3.83. The molecule has 0 amide bonds. The summed E-state index contributed by atoms with van der Waals surface area (Å²) in [6.07, 6.45) is 2.82. The Kier molecular flexibility index (Phi) is 2.55. The van der Waals surface area contributed by atoms with E-state index in [1.807, 2.05) is 6.07 Å². The Labute approximate surface area is 105 Å². The average molecular weight is 248 g/mol. The van der Waals surface area contributed by atoms with Crippen molar-refractivity contribution in [3.63, 3.8) is 0 Å². The molecule has 0 bridgehead atoms. The van der Waals surface area contributed by atoms with Crippen LogP contribution in [0.25, 0.3) is 11.0 Å². The summed E-state index contributed by atoms with van der Waals surface area (Å²) in [6.45, 7) is 0. The molecular weight excluding hydrogens is 231 g/mol. The van der Waals surface area contributed by atoms with Gasteiger partial charge in [-0.1, -0.05) is 0 Å². The van der Waals surface area contributed by atoms with Gasteiger partial charge in [0.2, 0.25) is 0 Å². The molecule has 0 saturated heterocycles. The molecule has 2 N–H and O–H groups in total. The van der Waals surface area contributed by atoms with E-state index in [1.165, 1.54) is 6.07 Å². The van der Waals surface area contributed by atoms with E-state index in [0.29, 0.717) is 17.3 Å². The molecule has 1 aromatic heterocycles. The second-order valence-corrected chi connectivity index (χ2v) is 5.24. The van der Waals surface area contributed by atoms with Gasteiger partial charge in [-0.05, 0) is 33.0 Å². The standard InChI is InChI=1S/C14H17FN2O/c1-17(2)9-3-4-13-10(7-9)11-5-8(16)6-12(15)14(11)18-13/h5-6,9H,3-4,7,16H2,1-2H3. The molecular formula is C14H17FN2O. The monoisotopic (exact) mass is 248 g/mol. The third kappa shape index (κ3) is 1.68. The average Bonchev–Trinajstić information content (AvgIpc) is 2.67. The van der Waals surface area contributed by atoms with Crippen LogP contribution in [0.1, 0.15) is 17.7 Å². The van der Waals surface area contributed by atoms with E-state index in [0.717, 1.165) is 36.0 Å². The smallest absolute Gasteiger partial charge is 0.170 e. The lowest BCUT2D eigenvalue weighted by Crippen LogP contribution is -2.33. The predicted octanol–water partition coefficient (Wildman–Crippen LogP) is 2.57. The van der Waals surface area contributed by atoms with Crippen LogP contribution in [0, 0.1) is 5.82 Å². The number of benzene rings is 1. The van der Waals surface area contributed by atoms with Crippen LogP contribution >= 0.6 is 0 Å². The number of fused-ring (bicyclic) bond motifs is 3. The zero-order valence-corrected chi connectivity index (χ0v) is 10.7. The molecule has 2 aromatic rings. The van der Waals surface area contributed by atoms with Crippen molar-refractivity contribution in [3.05, 3.63) is 29.3 Å². The fraction of sp³-hybridized carbons (Fsp3) is 0.429. The normalized spacial score (nSPS) is 19.4. The fourth-order valence-corrected chi connectivity index (χ4v) is 2.78. The van der Waals surface area contributed by atoms with Crippen molar-refractivity contribution in [2.45, 2.75) is 25.3 Å². The molecule has 3 nitrogen and oxygen atoms in total. The van der Waals surface area contributed by atoms with Gasteiger partial charge in [-0.15, -0.1) is 0 Å². The Morgan fingerprint density at radius 2 is 2.17 bits per heavy atom. The van der Waals surface area contributed by atoms with Gasteiger partial charge in [0.05, 0.1) is 0 Å². The van der Waals surface area contributed by atoms with Crippen LogP contribution in [0.3, 0.4) is 0 Å². The number of hydrogen-bond acceptors (Lipinski definition) is 3. The van der Waals surface area contributed by atoms with Gasteiger partial charge in [0.25, 0.3) is 0 Å². The van der Waals surface area contributed by atoms with Crippen molar-refractivity contribution in [2.24, 2.45) is 0 Å². The number of halogens is 1. The number of nitrogens with two attached hydrogens (primary N) is 1. The molecule has 0 fully saturated rings. The lowest BCUT2D eigenvalue weighted by molar-refractivity contribution is 0.260. The Hall–Kier alpha value is -1.55. The first-order valence-corrected chi connectivity index (χ1v) is 6.22. The minimum Gasteiger partial charge on any atom is -0.458 e. The van der Waals surface area contributed by atoms with Gasteiger partial charge < -0.3 is 15.1 Å². The Bertz CT molecular complexity index is 603. The summed E-state index contributed by atoms with van der Waals surface area (Å²) in [6, 6.07) is 3.63. The second-order valence-electron chi connectivity index (χ2n) is 5.24. The molecule has 4 heteroatoms. The first-order chi connectivity index (χ1) is 8.56. The van der Waals surface area contributed by atoms with Gasteiger partial charge in [0.15, 0.2) is 11.4 Å². The molecule has 1 heterocycles. The van der Waals surface area contributed by atoms with Crippen molar-refractivity contribution in [2.75, 3.05) is 19.8 Å². The number of nitrogens with zero attached hydrogens (tertiary/aromatic N) is 1. The summed E-state index contributed by atoms with van der Waals surface area (Å²) in [5.74, 6) is 0.563. The molecule has 1 unspecified atom stereocenters. The van der Waals surface area contributed by atoms with Gasteiger partial charge in [0, 0.05) is 35.2 Å². The summed E-state index contributed by atoms with van der Waals surface area (Å²) in [5.41, 5.74) is 7.65. The van der Waals surface area contributed by atoms with Crippen molar-refractivity contribution in [1.82, 2.24) is 4.90 Å². The SMILES string of the molecule is CN(C)C1CCc2oc3c(F)cc(N)cc3c2C1. The van der Waals surface area contributed by atoms with Crippen molar-refractivity contribution in [3.8, 4) is 0 Å². The molecule has 1 aromatic carbocycles. The van der Waals surface area contributed by atoms with E-state index in [2.05, 4.69) is 19.0 Å². The van der Waals surface area contributed by atoms with Crippen LogP contribution < -0.4 is 5.73 Å². The topological polar surface area (TPSA) is 42.4 Å². The van der Waals surface area contributed by atoms with Crippen molar-refractivity contribution < 1.29 is 8.81 Å². The molecule has 0 spiro atoms. The van der Waals surface area contributed by atoms with Gasteiger partial charge in [0.1, 0.15) is 5.76 Å². The molecule has 96 valence electrons.